The molecule has 3 rings (SSSR count). The summed E-state index contributed by atoms with van der Waals surface area (Å²) < 4.78 is 28.8. The van der Waals surface area contributed by atoms with E-state index in [-0.39, 0.29) is 19.0 Å². The van der Waals surface area contributed by atoms with E-state index >= 15 is 0 Å². The smallest absolute Gasteiger partial charge is 0.435 e. The largest absolute Gasteiger partial charge is 0.508 e. The van der Waals surface area contributed by atoms with Crippen molar-refractivity contribution in [3.63, 3.8) is 0 Å². The van der Waals surface area contributed by atoms with Gasteiger partial charge in [0.15, 0.2) is 17.8 Å². The molecule has 150 valence electrons. The normalized spacial score (nSPS) is 28.6. The first kappa shape index (κ1) is 19.5. The molecule has 27 heavy (non-hydrogen) atoms. The minimum atomic E-state index is -0.846. The average molecular weight is 385 g/mol. The molecule has 0 aliphatic carbocycles. The van der Waals surface area contributed by atoms with E-state index in [1.54, 1.807) is 20.8 Å². The van der Waals surface area contributed by atoms with Gasteiger partial charge in [0.25, 0.3) is 0 Å². The highest BCUT2D eigenvalue weighted by molar-refractivity contribution is 5.59. The molecule has 0 amide bonds. The monoisotopic (exact) mass is 385 g/mol. The van der Waals surface area contributed by atoms with Crippen molar-refractivity contribution in [1.29, 1.82) is 0 Å². The summed E-state index contributed by atoms with van der Waals surface area (Å²) in [6.45, 7) is 5.53. The van der Waals surface area contributed by atoms with Gasteiger partial charge in [0, 0.05) is 12.6 Å². The molecule has 0 radical (unpaired) electrons. The highest BCUT2D eigenvalue weighted by Crippen LogP contribution is 2.43. The van der Waals surface area contributed by atoms with Gasteiger partial charge in [-0.15, -0.1) is 0 Å². The third-order valence-corrected chi connectivity index (χ3v) is 4.23. The summed E-state index contributed by atoms with van der Waals surface area (Å²) in [7, 11) is 0. The van der Waals surface area contributed by atoms with Crippen LogP contribution in [0.25, 0.3) is 0 Å². The maximum Gasteiger partial charge on any atom is 0.508 e. The number of rotatable bonds is 6. The first-order valence-corrected chi connectivity index (χ1v) is 8.64. The molecule has 0 spiro atoms. The maximum absolute atomic E-state index is 12.3. The molecule has 2 aliphatic heterocycles. The highest BCUT2D eigenvalue weighted by atomic mass is 16.8. The molecule has 0 unspecified atom stereocenters. The lowest BCUT2D eigenvalue weighted by molar-refractivity contribution is -0.198. The van der Waals surface area contributed by atoms with Gasteiger partial charge in [-0.1, -0.05) is 0 Å². The van der Waals surface area contributed by atoms with Crippen LogP contribution in [0.3, 0.4) is 0 Å². The maximum atomic E-state index is 12.3. The summed E-state index contributed by atoms with van der Waals surface area (Å²) in [5.41, 5.74) is 1.20. The third kappa shape index (κ3) is 4.21. The van der Waals surface area contributed by atoms with Crippen LogP contribution in [0.4, 0.5) is 10.6 Å². The number of carbonyl (C=O) groups excluding carboxylic acids is 1. The fourth-order valence-corrected chi connectivity index (χ4v) is 3.20. The van der Waals surface area contributed by atoms with E-state index < -0.39 is 42.2 Å². The molecule has 0 saturated carbocycles. The van der Waals surface area contributed by atoms with Gasteiger partial charge in [0.05, 0.1) is 19.3 Å². The van der Waals surface area contributed by atoms with Crippen LogP contribution >= 0.6 is 0 Å². The molecule has 11 heteroatoms. The van der Waals surface area contributed by atoms with Crippen LogP contribution in [0.1, 0.15) is 33.4 Å². The lowest BCUT2D eigenvalue weighted by Crippen LogP contribution is -2.34. The molecule has 2 N–H and O–H groups in total. The van der Waals surface area contributed by atoms with Gasteiger partial charge in [-0.3, -0.25) is 15.3 Å². The van der Waals surface area contributed by atoms with E-state index in [2.05, 4.69) is 4.98 Å². The Morgan fingerprint density at radius 1 is 1.37 bits per heavy atom. The summed E-state index contributed by atoms with van der Waals surface area (Å²) in [5.74, 6) is -0.824. The molecule has 0 bridgehead atoms. The van der Waals surface area contributed by atoms with Crippen molar-refractivity contribution in [2.24, 2.45) is 0 Å². The van der Waals surface area contributed by atoms with Crippen molar-refractivity contribution in [3.05, 3.63) is 22.7 Å². The van der Waals surface area contributed by atoms with Crippen LogP contribution < -0.4 is 11.2 Å². The van der Waals surface area contributed by atoms with Crippen molar-refractivity contribution in [3.8, 4) is 0 Å². The Morgan fingerprint density at radius 2 is 2.11 bits per heavy atom. The standard InChI is InChI=1S/C16H23N3O8/c1-4-23-15(21)24-8-6-9-11-12(27-16(2,3)26-11)13(25-9)19-7-5-10(18-22)17-14(19)20/h5,7,9,11-13,22H,4,6,8H2,1-3H3,(H,17,18,20)/t9-,11-,12-,13-/m1/s1. The molecule has 4 atom stereocenters. The molecular weight excluding hydrogens is 362 g/mol. The molecular formula is C16H23N3O8. The number of carbonyl (C=O) groups is 1. The SMILES string of the molecule is CCOC(=O)OCC[C@H]1O[C@@H](n2ccc(NO)nc2=O)[C@@H]2OC(C)(C)O[C@@H]21. The van der Waals surface area contributed by atoms with Gasteiger partial charge < -0.3 is 23.7 Å². The molecule has 0 aromatic carbocycles. The Hall–Kier alpha value is -2.21. The molecule has 2 saturated heterocycles. The fourth-order valence-electron chi connectivity index (χ4n) is 3.20. The van der Waals surface area contributed by atoms with Crippen molar-refractivity contribution >= 4 is 12.0 Å². The molecule has 2 aliphatic rings. The number of aromatic nitrogens is 2. The molecule has 1 aromatic heterocycles. The average Bonchev–Trinajstić information content (AvgIpc) is 3.09. The van der Waals surface area contributed by atoms with Crippen LogP contribution in [0.2, 0.25) is 0 Å². The summed E-state index contributed by atoms with van der Waals surface area (Å²) >= 11 is 0. The van der Waals surface area contributed by atoms with Gasteiger partial charge in [-0.25, -0.2) is 9.59 Å². The van der Waals surface area contributed by atoms with E-state index in [1.165, 1.54) is 16.8 Å². The number of nitrogens with one attached hydrogen (secondary N) is 1. The quantitative estimate of drug-likeness (QED) is 0.540. The van der Waals surface area contributed by atoms with E-state index in [0.717, 1.165) is 0 Å². The topological polar surface area (TPSA) is 130 Å². The van der Waals surface area contributed by atoms with E-state index in [1.807, 2.05) is 5.48 Å². The number of anilines is 1. The number of fused-ring (bicyclic) bond motifs is 1. The minimum Gasteiger partial charge on any atom is -0.435 e. The lowest BCUT2D eigenvalue weighted by Gasteiger charge is -2.24. The Kier molecular flexibility index (Phi) is 5.65. The molecule has 11 nitrogen and oxygen atoms in total. The number of hydrogen-bond donors (Lipinski definition) is 2. The summed E-state index contributed by atoms with van der Waals surface area (Å²) in [6, 6.07) is 1.43. The van der Waals surface area contributed by atoms with Crippen LogP contribution in [-0.2, 0) is 23.7 Å². The second kappa shape index (κ2) is 7.80. The Balaban J connectivity index is 1.74. The first-order valence-electron chi connectivity index (χ1n) is 8.64. The number of hydrogen-bond acceptors (Lipinski definition) is 10. The molecule has 1 aromatic rings. The van der Waals surface area contributed by atoms with Gasteiger partial charge in [-0.05, 0) is 26.8 Å². The summed E-state index contributed by atoms with van der Waals surface area (Å²) in [4.78, 5) is 27.3. The zero-order chi connectivity index (χ0) is 19.6. The lowest BCUT2D eigenvalue weighted by atomic mass is 10.1. The summed E-state index contributed by atoms with van der Waals surface area (Å²) in [6.07, 6.45) is -1.18. The zero-order valence-electron chi connectivity index (χ0n) is 15.3. The van der Waals surface area contributed by atoms with E-state index in [0.29, 0.717) is 6.42 Å². The van der Waals surface area contributed by atoms with Crippen molar-refractivity contribution in [2.75, 3.05) is 18.7 Å². The van der Waals surface area contributed by atoms with Crippen molar-refractivity contribution < 1.29 is 33.7 Å². The van der Waals surface area contributed by atoms with Gasteiger partial charge in [0.2, 0.25) is 0 Å². The van der Waals surface area contributed by atoms with Gasteiger partial charge >= 0.3 is 11.8 Å². The second-order valence-corrected chi connectivity index (χ2v) is 6.56. The van der Waals surface area contributed by atoms with Crippen LogP contribution in [0.5, 0.6) is 0 Å². The predicted molar refractivity (Wildman–Crippen MR) is 89.2 cm³/mol. The van der Waals surface area contributed by atoms with E-state index in [9.17, 15) is 9.59 Å². The van der Waals surface area contributed by atoms with Crippen LogP contribution in [0.15, 0.2) is 17.1 Å². The van der Waals surface area contributed by atoms with Gasteiger partial charge in [-0.2, -0.15) is 4.98 Å². The predicted octanol–water partition coefficient (Wildman–Crippen LogP) is 1.03. The summed E-state index contributed by atoms with van der Waals surface area (Å²) in [5, 5.41) is 8.87. The Morgan fingerprint density at radius 3 is 2.78 bits per heavy atom. The second-order valence-electron chi connectivity index (χ2n) is 6.56. The Labute approximate surface area is 155 Å². The third-order valence-electron chi connectivity index (χ3n) is 4.23. The van der Waals surface area contributed by atoms with Crippen molar-refractivity contribution in [2.45, 2.75) is 57.5 Å². The van der Waals surface area contributed by atoms with Crippen LogP contribution in [0, 0.1) is 0 Å². The fraction of sp³-hybridized carbons (Fsp3) is 0.688. The zero-order valence-corrected chi connectivity index (χ0v) is 15.3. The highest BCUT2D eigenvalue weighted by Gasteiger charge is 2.55. The number of nitrogens with zero attached hydrogens (tertiary/aromatic N) is 2. The van der Waals surface area contributed by atoms with E-state index in [4.69, 9.17) is 28.9 Å². The van der Waals surface area contributed by atoms with Crippen molar-refractivity contribution in [1.82, 2.24) is 9.55 Å². The minimum absolute atomic E-state index is 0.0223. The van der Waals surface area contributed by atoms with Crippen LogP contribution in [-0.4, -0.2) is 58.2 Å². The van der Waals surface area contributed by atoms with Gasteiger partial charge in [0.1, 0.15) is 12.2 Å². The molecule has 2 fully saturated rings. The number of ether oxygens (including phenoxy) is 5. The molecule has 3 heterocycles. The first-order chi connectivity index (χ1) is 12.8. The Bertz CT molecular complexity index is 737.